The normalized spacial score (nSPS) is 15.1. The Morgan fingerprint density at radius 2 is 2.05 bits per heavy atom. The zero-order valence-electron chi connectivity index (χ0n) is 11.2. The molecule has 0 heterocycles. The summed E-state index contributed by atoms with van der Waals surface area (Å²) in [4.78, 5) is 11.7. The number of carbonyl (C=O) groups is 1. The van der Waals surface area contributed by atoms with Gasteiger partial charge in [0.05, 0.1) is 13.0 Å². The van der Waals surface area contributed by atoms with Crippen LogP contribution in [-0.2, 0) is 4.79 Å². The molecule has 2 rings (SSSR count). The Morgan fingerprint density at radius 1 is 1.40 bits per heavy atom. The molecule has 1 unspecified atom stereocenters. The lowest BCUT2D eigenvalue weighted by molar-refractivity contribution is -0.122. The van der Waals surface area contributed by atoms with Gasteiger partial charge in [-0.1, -0.05) is 11.6 Å². The third kappa shape index (κ3) is 5.57. The van der Waals surface area contributed by atoms with Crippen molar-refractivity contribution in [3.8, 4) is 5.75 Å². The molecule has 1 aromatic carbocycles. The minimum Gasteiger partial charge on any atom is -0.493 e. The zero-order chi connectivity index (χ0) is 13.7. The Balaban J connectivity index is 0.00000200. The molecule has 0 aromatic heterocycles. The van der Waals surface area contributed by atoms with Crippen LogP contribution in [0.25, 0.3) is 0 Å². The van der Waals surface area contributed by atoms with E-state index in [0.29, 0.717) is 30.5 Å². The van der Waals surface area contributed by atoms with Gasteiger partial charge in [-0.15, -0.1) is 12.4 Å². The SMILES string of the molecule is Cl.NCC(NC(=O)CCOc1ccc(Cl)cc1)C1CC1. The highest BCUT2D eigenvalue weighted by atomic mass is 35.5. The van der Waals surface area contributed by atoms with Crippen LogP contribution in [-0.4, -0.2) is 25.1 Å². The molecule has 0 saturated heterocycles. The van der Waals surface area contributed by atoms with Crippen molar-refractivity contribution >= 4 is 29.9 Å². The first-order valence-electron chi connectivity index (χ1n) is 6.57. The van der Waals surface area contributed by atoms with Gasteiger partial charge in [-0.25, -0.2) is 0 Å². The van der Waals surface area contributed by atoms with Gasteiger partial charge in [0, 0.05) is 17.6 Å². The molecule has 0 radical (unpaired) electrons. The van der Waals surface area contributed by atoms with Crippen LogP contribution in [0.5, 0.6) is 5.75 Å². The number of hydrogen-bond acceptors (Lipinski definition) is 3. The molecule has 20 heavy (non-hydrogen) atoms. The van der Waals surface area contributed by atoms with E-state index in [4.69, 9.17) is 22.1 Å². The summed E-state index contributed by atoms with van der Waals surface area (Å²) in [5, 5.41) is 3.63. The molecule has 1 aliphatic rings. The quantitative estimate of drug-likeness (QED) is 0.811. The summed E-state index contributed by atoms with van der Waals surface area (Å²) in [6.07, 6.45) is 2.68. The summed E-state index contributed by atoms with van der Waals surface area (Å²) >= 11 is 5.77. The van der Waals surface area contributed by atoms with Crippen LogP contribution in [0.4, 0.5) is 0 Å². The third-order valence-electron chi connectivity index (χ3n) is 3.20. The van der Waals surface area contributed by atoms with Crippen LogP contribution in [0.1, 0.15) is 19.3 Å². The molecule has 0 spiro atoms. The van der Waals surface area contributed by atoms with Crippen molar-refractivity contribution < 1.29 is 9.53 Å². The summed E-state index contributed by atoms with van der Waals surface area (Å²) < 4.78 is 5.47. The van der Waals surface area contributed by atoms with Gasteiger partial charge in [-0.05, 0) is 43.0 Å². The highest BCUT2D eigenvalue weighted by molar-refractivity contribution is 6.30. The summed E-state index contributed by atoms with van der Waals surface area (Å²) in [6.45, 7) is 0.865. The first kappa shape index (κ1) is 17.1. The summed E-state index contributed by atoms with van der Waals surface area (Å²) in [5.41, 5.74) is 5.64. The molecule has 0 bridgehead atoms. The van der Waals surface area contributed by atoms with Crippen molar-refractivity contribution in [2.75, 3.05) is 13.2 Å². The summed E-state index contributed by atoms with van der Waals surface area (Å²) in [6, 6.07) is 7.21. The van der Waals surface area contributed by atoms with Gasteiger partial charge < -0.3 is 15.8 Å². The number of nitrogens with two attached hydrogens (primary N) is 1. The average molecular weight is 319 g/mol. The standard InChI is InChI=1S/C14H19ClN2O2.ClH/c15-11-3-5-12(6-4-11)19-8-7-14(18)17-13(9-16)10-1-2-10;/h3-6,10,13H,1-2,7-9,16H2,(H,17,18);1H. The van der Waals surface area contributed by atoms with Crippen molar-refractivity contribution in [1.29, 1.82) is 0 Å². The molecule has 0 aliphatic heterocycles. The Hall–Kier alpha value is -0.970. The highest BCUT2D eigenvalue weighted by Crippen LogP contribution is 2.32. The van der Waals surface area contributed by atoms with Crippen LogP contribution in [0.15, 0.2) is 24.3 Å². The summed E-state index contributed by atoms with van der Waals surface area (Å²) in [7, 11) is 0. The zero-order valence-corrected chi connectivity index (χ0v) is 12.8. The molecule has 1 fully saturated rings. The number of rotatable bonds is 7. The lowest BCUT2D eigenvalue weighted by Crippen LogP contribution is -2.42. The van der Waals surface area contributed by atoms with E-state index in [9.17, 15) is 4.79 Å². The van der Waals surface area contributed by atoms with Gasteiger partial charge in [0.2, 0.25) is 5.91 Å². The molecular formula is C14H20Cl2N2O2. The van der Waals surface area contributed by atoms with E-state index in [-0.39, 0.29) is 24.4 Å². The lowest BCUT2D eigenvalue weighted by atomic mass is 10.2. The fourth-order valence-electron chi connectivity index (χ4n) is 1.94. The van der Waals surface area contributed by atoms with Gasteiger partial charge in [-0.3, -0.25) is 4.79 Å². The molecule has 1 saturated carbocycles. The third-order valence-corrected chi connectivity index (χ3v) is 3.45. The monoisotopic (exact) mass is 318 g/mol. The maximum atomic E-state index is 11.7. The number of ether oxygens (including phenoxy) is 1. The minimum absolute atomic E-state index is 0. The van der Waals surface area contributed by atoms with Crippen LogP contribution < -0.4 is 15.8 Å². The molecule has 4 nitrogen and oxygen atoms in total. The summed E-state index contributed by atoms with van der Waals surface area (Å²) in [5.74, 6) is 1.29. The Kier molecular flexibility index (Phi) is 7.13. The molecule has 1 atom stereocenters. The smallest absolute Gasteiger partial charge is 0.223 e. The number of benzene rings is 1. The van der Waals surface area contributed by atoms with Gasteiger partial charge in [-0.2, -0.15) is 0 Å². The highest BCUT2D eigenvalue weighted by Gasteiger charge is 2.30. The van der Waals surface area contributed by atoms with Gasteiger partial charge in [0.1, 0.15) is 5.75 Å². The Bertz CT molecular complexity index is 422. The van der Waals surface area contributed by atoms with E-state index >= 15 is 0 Å². The maximum Gasteiger partial charge on any atom is 0.223 e. The van der Waals surface area contributed by atoms with Gasteiger partial charge >= 0.3 is 0 Å². The van der Waals surface area contributed by atoms with Crippen molar-refractivity contribution in [2.24, 2.45) is 11.7 Å². The van der Waals surface area contributed by atoms with Gasteiger partial charge in [0.25, 0.3) is 0 Å². The minimum atomic E-state index is -0.00341. The van der Waals surface area contributed by atoms with Crippen LogP contribution in [0, 0.1) is 5.92 Å². The average Bonchev–Trinajstić information content (AvgIpc) is 3.23. The topological polar surface area (TPSA) is 64.3 Å². The Labute approximate surface area is 130 Å². The molecule has 3 N–H and O–H groups in total. The number of carbonyl (C=O) groups excluding carboxylic acids is 1. The van der Waals surface area contributed by atoms with Crippen molar-refractivity contribution in [3.63, 3.8) is 0 Å². The maximum absolute atomic E-state index is 11.7. The molecular weight excluding hydrogens is 299 g/mol. The molecule has 112 valence electrons. The largest absolute Gasteiger partial charge is 0.493 e. The number of halogens is 2. The lowest BCUT2D eigenvalue weighted by Gasteiger charge is -2.16. The van der Waals surface area contributed by atoms with E-state index in [1.54, 1.807) is 24.3 Å². The van der Waals surface area contributed by atoms with Crippen molar-refractivity contribution in [1.82, 2.24) is 5.32 Å². The van der Waals surface area contributed by atoms with Crippen LogP contribution >= 0.6 is 24.0 Å². The van der Waals surface area contributed by atoms with E-state index in [1.165, 1.54) is 12.8 Å². The van der Waals surface area contributed by atoms with E-state index in [1.807, 2.05) is 0 Å². The molecule has 6 heteroatoms. The molecule has 1 aliphatic carbocycles. The second-order valence-electron chi connectivity index (χ2n) is 4.80. The second kappa shape index (κ2) is 8.35. The predicted octanol–water partition coefficient (Wildman–Crippen LogP) is 2.38. The number of nitrogens with one attached hydrogen (secondary N) is 1. The molecule has 1 aromatic rings. The fraction of sp³-hybridized carbons (Fsp3) is 0.500. The van der Waals surface area contributed by atoms with Gasteiger partial charge in [0.15, 0.2) is 0 Å². The number of amides is 1. The van der Waals surface area contributed by atoms with E-state index in [2.05, 4.69) is 5.32 Å². The Morgan fingerprint density at radius 3 is 2.60 bits per heavy atom. The number of hydrogen-bond donors (Lipinski definition) is 2. The van der Waals surface area contributed by atoms with Crippen LogP contribution in [0.2, 0.25) is 5.02 Å². The van der Waals surface area contributed by atoms with Crippen molar-refractivity contribution in [2.45, 2.75) is 25.3 Å². The second-order valence-corrected chi connectivity index (χ2v) is 5.24. The first-order chi connectivity index (χ1) is 9.19. The van der Waals surface area contributed by atoms with Crippen molar-refractivity contribution in [3.05, 3.63) is 29.3 Å². The van der Waals surface area contributed by atoms with Crippen LogP contribution in [0.3, 0.4) is 0 Å². The fourth-order valence-corrected chi connectivity index (χ4v) is 2.07. The van der Waals surface area contributed by atoms with E-state index in [0.717, 1.165) is 5.75 Å². The van der Waals surface area contributed by atoms with E-state index < -0.39 is 0 Å². The molecule has 1 amide bonds. The predicted molar refractivity (Wildman–Crippen MR) is 82.5 cm³/mol. The first-order valence-corrected chi connectivity index (χ1v) is 6.94.